The zero-order valence-electron chi connectivity index (χ0n) is 8.43. The van der Waals surface area contributed by atoms with Crippen LogP contribution in [0.4, 0.5) is 8.78 Å². The third-order valence-electron chi connectivity index (χ3n) is 2.10. The van der Waals surface area contributed by atoms with E-state index < -0.39 is 12.4 Å². The summed E-state index contributed by atoms with van der Waals surface area (Å²) in [6.07, 6.45) is -2.61. The number of benzene rings is 1. The number of carbonyl (C=O) groups is 1. The Morgan fingerprint density at radius 1 is 1.41 bits per heavy atom. The highest BCUT2D eigenvalue weighted by atomic mass is 32.1. The minimum atomic E-state index is -2.61. The molecule has 0 fully saturated rings. The molecule has 0 atom stereocenters. The highest BCUT2D eigenvalue weighted by Crippen LogP contribution is 2.28. The van der Waals surface area contributed by atoms with E-state index >= 15 is 0 Å². The summed E-state index contributed by atoms with van der Waals surface area (Å²) >= 11 is 1.07. The lowest BCUT2D eigenvalue weighted by Crippen LogP contribution is -1.95. The van der Waals surface area contributed by atoms with E-state index in [9.17, 15) is 13.6 Å². The number of carboxylic acids is 1. The molecular weight excluding hydrogens is 248 g/mol. The molecule has 1 aromatic heterocycles. The van der Waals surface area contributed by atoms with Gasteiger partial charge in [0, 0.05) is 10.9 Å². The van der Waals surface area contributed by atoms with Gasteiger partial charge in [0.15, 0.2) is 0 Å². The van der Waals surface area contributed by atoms with Gasteiger partial charge in [-0.2, -0.15) is 0 Å². The van der Waals surface area contributed by atoms with Crippen LogP contribution in [0, 0.1) is 0 Å². The van der Waals surface area contributed by atoms with E-state index in [1.54, 1.807) is 12.1 Å². The quantitative estimate of drug-likeness (QED) is 0.913. The lowest BCUT2D eigenvalue weighted by atomic mass is 10.1. The van der Waals surface area contributed by atoms with Gasteiger partial charge in [-0.1, -0.05) is 12.1 Å². The van der Waals surface area contributed by atoms with E-state index in [0.717, 1.165) is 11.3 Å². The molecule has 0 aliphatic heterocycles. The van der Waals surface area contributed by atoms with Crippen molar-refractivity contribution >= 4 is 17.3 Å². The molecule has 0 spiro atoms. The first kappa shape index (κ1) is 11.7. The molecule has 0 saturated heterocycles. The minimum Gasteiger partial charge on any atom is -0.478 e. The molecule has 1 heterocycles. The average Bonchev–Trinajstić information content (AvgIpc) is 2.78. The molecule has 88 valence electrons. The molecule has 0 radical (unpaired) electrons. The number of nitrogens with zero attached hydrogens (tertiary/aromatic N) is 1. The van der Waals surface area contributed by atoms with Gasteiger partial charge in [0.1, 0.15) is 10.7 Å². The summed E-state index contributed by atoms with van der Waals surface area (Å²) in [5, 5.41) is 10.5. The fourth-order valence-electron chi connectivity index (χ4n) is 1.30. The zero-order chi connectivity index (χ0) is 12.4. The van der Waals surface area contributed by atoms with E-state index in [4.69, 9.17) is 5.11 Å². The molecule has 0 amide bonds. The monoisotopic (exact) mass is 255 g/mol. The molecular formula is C11H7F2NO2S. The fraction of sp³-hybridized carbons (Fsp3) is 0.0909. The van der Waals surface area contributed by atoms with E-state index in [0.29, 0.717) is 10.6 Å². The Morgan fingerprint density at radius 3 is 2.76 bits per heavy atom. The second-order valence-corrected chi connectivity index (χ2v) is 4.12. The maximum Gasteiger partial charge on any atom is 0.335 e. The van der Waals surface area contributed by atoms with E-state index in [1.165, 1.54) is 17.5 Å². The molecule has 2 rings (SSSR count). The van der Waals surface area contributed by atoms with Gasteiger partial charge in [0.2, 0.25) is 0 Å². The third kappa shape index (κ3) is 2.47. The van der Waals surface area contributed by atoms with Crippen molar-refractivity contribution in [1.82, 2.24) is 4.98 Å². The van der Waals surface area contributed by atoms with Crippen molar-refractivity contribution in [2.75, 3.05) is 0 Å². The smallest absolute Gasteiger partial charge is 0.335 e. The average molecular weight is 255 g/mol. The Labute approximate surface area is 99.4 Å². The molecule has 6 heteroatoms. The molecule has 3 nitrogen and oxygen atoms in total. The van der Waals surface area contributed by atoms with E-state index in [2.05, 4.69) is 4.98 Å². The Morgan fingerprint density at radius 2 is 2.18 bits per heavy atom. The Bertz CT molecular complexity index is 554. The van der Waals surface area contributed by atoms with E-state index in [-0.39, 0.29) is 11.3 Å². The molecule has 0 aliphatic carbocycles. The summed E-state index contributed by atoms with van der Waals surface area (Å²) in [7, 11) is 0. The van der Waals surface area contributed by atoms with Crippen molar-refractivity contribution < 1.29 is 18.7 Å². The van der Waals surface area contributed by atoms with Gasteiger partial charge < -0.3 is 5.11 Å². The summed E-state index contributed by atoms with van der Waals surface area (Å²) < 4.78 is 24.7. The zero-order valence-corrected chi connectivity index (χ0v) is 9.25. The molecule has 17 heavy (non-hydrogen) atoms. The van der Waals surface area contributed by atoms with Crippen LogP contribution in [-0.4, -0.2) is 16.1 Å². The topological polar surface area (TPSA) is 50.2 Å². The summed E-state index contributed by atoms with van der Waals surface area (Å²) in [5.74, 6) is -1.06. The van der Waals surface area contributed by atoms with Crippen LogP contribution in [0.2, 0.25) is 0 Å². The highest BCUT2D eigenvalue weighted by Gasteiger charge is 2.13. The number of hydrogen-bond acceptors (Lipinski definition) is 3. The van der Waals surface area contributed by atoms with Crippen LogP contribution < -0.4 is 0 Å². The predicted molar refractivity (Wildman–Crippen MR) is 59.5 cm³/mol. The first-order valence-electron chi connectivity index (χ1n) is 4.65. The van der Waals surface area contributed by atoms with Crippen molar-refractivity contribution in [3.63, 3.8) is 0 Å². The summed E-state index contributed by atoms with van der Waals surface area (Å²) in [6, 6.07) is 6.05. The van der Waals surface area contributed by atoms with Crippen molar-refractivity contribution in [2.24, 2.45) is 0 Å². The Balaban J connectivity index is 2.38. The number of thiazole rings is 1. The summed E-state index contributed by atoms with van der Waals surface area (Å²) in [6.45, 7) is 0. The SMILES string of the molecule is O=C(O)c1cccc(-c2nc(C(F)F)cs2)c1. The number of rotatable bonds is 3. The van der Waals surface area contributed by atoms with Crippen LogP contribution in [-0.2, 0) is 0 Å². The van der Waals surface area contributed by atoms with Crippen LogP contribution >= 0.6 is 11.3 Å². The first-order chi connectivity index (χ1) is 8.08. The van der Waals surface area contributed by atoms with E-state index in [1.807, 2.05) is 0 Å². The van der Waals surface area contributed by atoms with Crippen LogP contribution in [0.3, 0.4) is 0 Å². The number of aromatic nitrogens is 1. The van der Waals surface area contributed by atoms with Gasteiger partial charge in [-0.05, 0) is 12.1 Å². The number of alkyl halides is 2. The predicted octanol–water partition coefficient (Wildman–Crippen LogP) is 3.45. The molecule has 0 aliphatic rings. The van der Waals surface area contributed by atoms with Gasteiger partial charge >= 0.3 is 5.97 Å². The highest BCUT2D eigenvalue weighted by molar-refractivity contribution is 7.13. The fourth-order valence-corrected chi connectivity index (χ4v) is 2.11. The second-order valence-electron chi connectivity index (χ2n) is 3.26. The minimum absolute atomic E-state index is 0.108. The lowest BCUT2D eigenvalue weighted by Gasteiger charge is -1.98. The maximum atomic E-state index is 12.4. The van der Waals surface area contributed by atoms with Crippen LogP contribution in [0.5, 0.6) is 0 Å². The molecule has 2 aromatic rings. The van der Waals surface area contributed by atoms with Gasteiger partial charge in [0.05, 0.1) is 5.56 Å². The van der Waals surface area contributed by atoms with Crippen molar-refractivity contribution in [2.45, 2.75) is 6.43 Å². The molecule has 0 saturated carbocycles. The third-order valence-corrected chi connectivity index (χ3v) is 3.01. The van der Waals surface area contributed by atoms with Crippen molar-refractivity contribution in [3.8, 4) is 10.6 Å². The van der Waals surface area contributed by atoms with Crippen molar-refractivity contribution in [3.05, 3.63) is 40.9 Å². The number of halogens is 2. The number of aromatic carboxylic acids is 1. The van der Waals surface area contributed by atoms with Gasteiger partial charge in [-0.25, -0.2) is 18.6 Å². The van der Waals surface area contributed by atoms with Gasteiger partial charge in [-0.15, -0.1) is 11.3 Å². The first-order valence-corrected chi connectivity index (χ1v) is 5.53. The Hall–Kier alpha value is -1.82. The van der Waals surface area contributed by atoms with Gasteiger partial charge in [0.25, 0.3) is 6.43 Å². The molecule has 0 bridgehead atoms. The second kappa shape index (κ2) is 4.58. The van der Waals surface area contributed by atoms with Crippen LogP contribution in [0.15, 0.2) is 29.6 Å². The number of carboxylic acid groups (broad SMARTS) is 1. The molecule has 0 unspecified atom stereocenters. The number of hydrogen-bond donors (Lipinski definition) is 1. The standard InChI is InChI=1S/C11H7F2NO2S/c12-9(13)8-5-17-10(14-8)6-2-1-3-7(4-6)11(15)16/h1-5,9H,(H,15,16). The van der Waals surface area contributed by atoms with Gasteiger partial charge in [-0.3, -0.25) is 0 Å². The van der Waals surface area contributed by atoms with Crippen molar-refractivity contribution in [1.29, 1.82) is 0 Å². The lowest BCUT2D eigenvalue weighted by molar-refractivity contribution is 0.0697. The van der Waals surface area contributed by atoms with Crippen LogP contribution in [0.1, 0.15) is 22.5 Å². The maximum absolute atomic E-state index is 12.4. The summed E-state index contributed by atoms with van der Waals surface area (Å²) in [5.41, 5.74) is 0.351. The van der Waals surface area contributed by atoms with Crippen LogP contribution in [0.25, 0.3) is 10.6 Å². The molecule has 1 N–H and O–H groups in total. The Kier molecular flexibility index (Phi) is 3.14. The molecule has 1 aromatic carbocycles. The largest absolute Gasteiger partial charge is 0.478 e. The summed E-state index contributed by atoms with van der Waals surface area (Å²) in [4.78, 5) is 14.5. The normalized spacial score (nSPS) is 10.8.